The summed E-state index contributed by atoms with van der Waals surface area (Å²) in [6.07, 6.45) is 10.0. The Labute approximate surface area is 191 Å². The number of hydrogen-bond acceptors (Lipinski definition) is 7. The molecule has 0 aliphatic heterocycles. The molecule has 0 aliphatic carbocycles. The van der Waals surface area contributed by atoms with Crippen molar-refractivity contribution in [1.29, 1.82) is 0 Å². The summed E-state index contributed by atoms with van der Waals surface area (Å²) < 4.78 is 1.83. The van der Waals surface area contributed by atoms with E-state index in [2.05, 4.69) is 50.5 Å². The summed E-state index contributed by atoms with van der Waals surface area (Å²) in [5, 5.41) is 16.2. The van der Waals surface area contributed by atoms with Crippen LogP contribution in [-0.4, -0.2) is 34.9 Å². The molecule has 0 amide bonds. The molecule has 5 rings (SSSR count). The van der Waals surface area contributed by atoms with Crippen LogP contribution in [0.3, 0.4) is 0 Å². The van der Waals surface area contributed by atoms with Crippen molar-refractivity contribution in [3.8, 4) is 11.1 Å². The van der Waals surface area contributed by atoms with Crippen LogP contribution in [0.2, 0.25) is 0 Å². The second-order valence-electron chi connectivity index (χ2n) is 8.31. The molecule has 0 atom stereocenters. The van der Waals surface area contributed by atoms with E-state index in [0.717, 1.165) is 39.0 Å². The molecule has 1 N–H and O–H groups in total. The number of aromatic nitrogens is 7. The van der Waals surface area contributed by atoms with Gasteiger partial charge in [-0.2, -0.15) is 10.2 Å². The van der Waals surface area contributed by atoms with E-state index in [1.807, 2.05) is 60.7 Å². The maximum atomic E-state index is 4.77. The van der Waals surface area contributed by atoms with E-state index < -0.39 is 0 Å². The van der Waals surface area contributed by atoms with Crippen LogP contribution in [0.25, 0.3) is 22.2 Å². The summed E-state index contributed by atoms with van der Waals surface area (Å²) in [4.78, 5) is 13.6. The van der Waals surface area contributed by atoms with Crippen molar-refractivity contribution in [3.05, 3.63) is 84.2 Å². The number of anilines is 2. The molecule has 0 bridgehead atoms. The molecule has 0 saturated carbocycles. The molecule has 8 nitrogen and oxygen atoms in total. The molecule has 0 unspecified atom stereocenters. The number of hydrogen-bond donors (Lipinski definition) is 1. The zero-order valence-corrected chi connectivity index (χ0v) is 18.8. The lowest BCUT2D eigenvalue weighted by Gasteiger charge is -2.09. The molecule has 0 radical (unpaired) electrons. The summed E-state index contributed by atoms with van der Waals surface area (Å²) in [6, 6.07) is 11.9. The average Bonchev–Trinajstić information content (AvgIpc) is 3.19. The van der Waals surface area contributed by atoms with E-state index in [-0.39, 0.29) is 0 Å². The van der Waals surface area contributed by atoms with Gasteiger partial charge in [-0.05, 0) is 47.4 Å². The third kappa shape index (κ3) is 4.55. The molecule has 5 aromatic rings. The first-order valence-electron chi connectivity index (χ1n) is 10.8. The highest BCUT2D eigenvalue weighted by Gasteiger charge is 2.13. The van der Waals surface area contributed by atoms with Gasteiger partial charge in [0.05, 0.1) is 22.9 Å². The van der Waals surface area contributed by atoms with Crippen molar-refractivity contribution in [2.45, 2.75) is 26.2 Å². The molecular weight excluding hydrogens is 412 g/mol. The van der Waals surface area contributed by atoms with Crippen LogP contribution in [0.4, 0.5) is 11.6 Å². The number of nitrogens with one attached hydrogen (secondary N) is 1. The second kappa shape index (κ2) is 8.74. The van der Waals surface area contributed by atoms with E-state index in [4.69, 9.17) is 4.98 Å². The molecule has 0 fully saturated rings. The second-order valence-corrected chi connectivity index (χ2v) is 8.31. The smallest absolute Gasteiger partial charge is 0.154 e. The lowest BCUT2D eigenvalue weighted by atomic mass is 10.0. The quantitative estimate of drug-likeness (QED) is 0.413. The third-order valence-corrected chi connectivity index (χ3v) is 5.45. The van der Waals surface area contributed by atoms with Gasteiger partial charge in [0.1, 0.15) is 5.82 Å². The first kappa shape index (κ1) is 20.7. The molecule has 0 saturated heterocycles. The van der Waals surface area contributed by atoms with E-state index >= 15 is 0 Å². The van der Waals surface area contributed by atoms with E-state index in [0.29, 0.717) is 24.0 Å². The van der Waals surface area contributed by atoms with Gasteiger partial charge in [-0.3, -0.25) is 14.6 Å². The maximum absolute atomic E-state index is 4.77. The largest absolute Gasteiger partial charge is 0.323 e. The van der Waals surface area contributed by atoms with Gasteiger partial charge in [-0.15, -0.1) is 5.10 Å². The molecule has 0 aliphatic rings. The SMILES string of the molecule is CC(C)c1cnnc(Nc2ccc3ncc(-c4cn(C)nc4Cc4cccnc4)cc3n2)c1. The van der Waals surface area contributed by atoms with Gasteiger partial charge in [0.25, 0.3) is 0 Å². The Hall–Kier alpha value is -4.20. The number of rotatable bonds is 6. The van der Waals surface area contributed by atoms with Crippen LogP contribution in [-0.2, 0) is 13.5 Å². The molecule has 33 heavy (non-hydrogen) atoms. The molecule has 5 aromatic heterocycles. The Bertz CT molecular complexity index is 1410. The lowest BCUT2D eigenvalue weighted by molar-refractivity contribution is 0.749. The Morgan fingerprint density at radius 1 is 1.00 bits per heavy atom. The van der Waals surface area contributed by atoms with Crippen LogP contribution in [0, 0.1) is 0 Å². The molecule has 0 spiro atoms. The number of nitrogens with zero attached hydrogens (tertiary/aromatic N) is 7. The van der Waals surface area contributed by atoms with Crippen LogP contribution in [0.5, 0.6) is 0 Å². The third-order valence-electron chi connectivity index (χ3n) is 5.45. The minimum absolute atomic E-state index is 0.373. The van der Waals surface area contributed by atoms with Gasteiger partial charge >= 0.3 is 0 Å². The number of aryl methyl sites for hydroxylation is 1. The van der Waals surface area contributed by atoms with Gasteiger partial charge in [0, 0.05) is 49.4 Å². The number of pyridine rings is 3. The lowest BCUT2D eigenvalue weighted by Crippen LogP contribution is -2.00. The fourth-order valence-corrected chi connectivity index (χ4v) is 3.72. The van der Waals surface area contributed by atoms with E-state index in [1.165, 1.54) is 0 Å². The first-order chi connectivity index (χ1) is 16.0. The summed E-state index contributed by atoms with van der Waals surface area (Å²) >= 11 is 0. The molecule has 0 aromatic carbocycles. The van der Waals surface area contributed by atoms with Gasteiger partial charge in [-0.1, -0.05) is 19.9 Å². The zero-order valence-electron chi connectivity index (χ0n) is 18.8. The fourth-order valence-electron chi connectivity index (χ4n) is 3.72. The predicted molar refractivity (Wildman–Crippen MR) is 128 cm³/mol. The first-order valence-corrected chi connectivity index (χ1v) is 10.8. The van der Waals surface area contributed by atoms with Gasteiger partial charge < -0.3 is 5.32 Å². The Morgan fingerprint density at radius 3 is 2.73 bits per heavy atom. The predicted octanol–water partition coefficient (Wildman–Crippen LogP) is 4.67. The Morgan fingerprint density at radius 2 is 1.91 bits per heavy atom. The van der Waals surface area contributed by atoms with Crippen LogP contribution < -0.4 is 5.32 Å². The summed E-state index contributed by atoms with van der Waals surface area (Å²) in [5.41, 5.74) is 6.83. The van der Waals surface area contributed by atoms with Crippen molar-refractivity contribution in [1.82, 2.24) is 34.9 Å². The highest BCUT2D eigenvalue weighted by atomic mass is 15.3. The molecule has 164 valence electrons. The van der Waals surface area contributed by atoms with Crippen LogP contribution in [0.15, 0.2) is 67.4 Å². The topological polar surface area (TPSA) is 94.3 Å². The summed E-state index contributed by atoms with van der Waals surface area (Å²) in [7, 11) is 1.93. The van der Waals surface area contributed by atoms with Crippen LogP contribution in [0.1, 0.15) is 36.6 Å². The van der Waals surface area contributed by atoms with Gasteiger partial charge in [-0.25, -0.2) is 4.98 Å². The Kier molecular flexibility index (Phi) is 5.48. The van der Waals surface area contributed by atoms with Gasteiger partial charge in [0.2, 0.25) is 0 Å². The van der Waals surface area contributed by atoms with E-state index in [1.54, 1.807) is 12.4 Å². The maximum Gasteiger partial charge on any atom is 0.154 e. The van der Waals surface area contributed by atoms with Gasteiger partial charge in [0.15, 0.2) is 5.82 Å². The molecular formula is C25H24N8. The minimum Gasteiger partial charge on any atom is -0.323 e. The summed E-state index contributed by atoms with van der Waals surface area (Å²) in [6.45, 7) is 4.26. The standard InChI is InChI=1S/C25H24N8/c1-16(2)18-11-25(31-28-14-18)30-24-7-6-21-23(29-24)10-19(13-27-21)20-15-33(3)32-22(20)9-17-5-4-8-26-12-17/h4-8,10-16H,9H2,1-3H3,(H,29,30,31). The summed E-state index contributed by atoms with van der Waals surface area (Å²) in [5.74, 6) is 1.74. The monoisotopic (exact) mass is 436 g/mol. The molecule has 8 heteroatoms. The highest BCUT2D eigenvalue weighted by Crippen LogP contribution is 2.27. The molecule has 5 heterocycles. The van der Waals surface area contributed by atoms with Crippen molar-refractivity contribution < 1.29 is 0 Å². The fraction of sp³-hybridized carbons (Fsp3) is 0.200. The van der Waals surface area contributed by atoms with Crippen LogP contribution >= 0.6 is 0 Å². The van der Waals surface area contributed by atoms with E-state index in [9.17, 15) is 0 Å². The Balaban J connectivity index is 1.47. The number of fused-ring (bicyclic) bond motifs is 1. The van der Waals surface area contributed by atoms with Crippen molar-refractivity contribution in [2.24, 2.45) is 7.05 Å². The normalized spacial score (nSPS) is 11.3. The van der Waals surface area contributed by atoms with Crippen molar-refractivity contribution in [2.75, 3.05) is 5.32 Å². The zero-order chi connectivity index (χ0) is 22.8. The average molecular weight is 437 g/mol. The van der Waals surface area contributed by atoms with Crippen molar-refractivity contribution >= 4 is 22.7 Å². The highest BCUT2D eigenvalue weighted by molar-refractivity contribution is 5.82. The minimum atomic E-state index is 0.373. The van der Waals surface area contributed by atoms with Crippen molar-refractivity contribution in [3.63, 3.8) is 0 Å².